The molecule has 1 heterocycles. The van der Waals surface area contributed by atoms with E-state index in [1.54, 1.807) is 7.11 Å². The van der Waals surface area contributed by atoms with E-state index >= 15 is 0 Å². The Morgan fingerprint density at radius 1 is 0.857 bits per heavy atom. The Labute approximate surface area is 214 Å². The number of rotatable bonds is 9. The summed E-state index contributed by atoms with van der Waals surface area (Å²) in [6.07, 6.45) is 0.901. The lowest BCUT2D eigenvalue weighted by atomic mass is 10.1. The van der Waals surface area contributed by atoms with Crippen LogP contribution < -0.4 is 14.5 Å². The van der Waals surface area contributed by atoms with Gasteiger partial charge >= 0.3 is 6.09 Å². The molecule has 0 atom stereocenters. The first-order chi connectivity index (χ1) is 16.7. The maximum absolute atomic E-state index is 11.9. The van der Waals surface area contributed by atoms with Crippen LogP contribution >= 0.6 is 12.4 Å². The number of ether oxygens (including phenoxy) is 1. The molecule has 0 spiro atoms. The van der Waals surface area contributed by atoms with Crippen molar-refractivity contribution in [3.05, 3.63) is 78.9 Å². The number of unbranched alkanes of at least 4 members (excludes halogenated alkanes) is 1. The second-order valence-corrected chi connectivity index (χ2v) is 8.55. The fourth-order valence-electron chi connectivity index (χ4n) is 4.51. The van der Waals surface area contributed by atoms with Crippen LogP contribution in [0.25, 0.3) is 11.1 Å². The molecule has 1 aliphatic heterocycles. The Balaban J connectivity index is 0.00000342. The fraction of sp³-hybridized carbons (Fsp3) is 0.321. The van der Waals surface area contributed by atoms with E-state index in [0.29, 0.717) is 6.54 Å². The van der Waals surface area contributed by atoms with Crippen LogP contribution in [0.1, 0.15) is 12.8 Å². The summed E-state index contributed by atoms with van der Waals surface area (Å²) in [6, 6.07) is 26.0. The average Bonchev–Trinajstić information content (AvgIpc) is 2.89. The molecular weight excluding hydrogens is 462 g/mol. The van der Waals surface area contributed by atoms with Gasteiger partial charge in [0.2, 0.25) is 0 Å². The van der Waals surface area contributed by atoms with E-state index in [2.05, 4.69) is 28.0 Å². The van der Waals surface area contributed by atoms with Gasteiger partial charge in [-0.05, 0) is 54.8 Å². The van der Waals surface area contributed by atoms with Crippen LogP contribution in [-0.2, 0) is 0 Å². The third-order valence-corrected chi connectivity index (χ3v) is 6.42. The number of hydrogen-bond acceptors (Lipinski definition) is 4. The second kappa shape index (κ2) is 13.0. The lowest BCUT2D eigenvalue weighted by molar-refractivity contribution is 0.201. The molecular formula is C28H34ClN3O3. The molecule has 1 N–H and O–H groups in total. The number of piperazine rings is 1. The smallest absolute Gasteiger partial charge is 0.411 e. The Kier molecular flexibility index (Phi) is 9.82. The van der Waals surface area contributed by atoms with Crippen LogP contribution in [0.3, 0.4) is 0 Å². The molecule has 1 saturated heterocycles. The molecule has 186 valence electrons. The minimum absolute atomic E-state index is 0. The molecule has 0 saturated carbocycles. The number of hydrogen-bond donors (Lipinski definition) is 1. The van der Waals surface area contributed by atoms with Crippen molar-refractivity contribution >= 4 is 29.9 Å². The van der Waals surface area contributed by atoms with Gasteiger partial charge in [0.15, 0.2) is 0 Å². The van der Waals surface area contributed by atoms with Gasteiger partial charge in [0, 0.05) is 38.4 Å². The zero-order valence-electron chi connectivity index (χ0n) is 20.2. The molecule has 4 rings (SSSR count). The highest BCUT2D eigenvalue weighted by atomic mass is 35.5. The molecule has 3 aromatic carbocycles. The van der Waals surface area contributed by atoms with Crippen LogP contribution in [0.4, 0.5) is 16.2 Å². The van der Waals surface area contributed by atoms with Crippen LogP contribution in [0.5, 0.6) is 5.75 Å². The third kappa shape index (κ3) is 6.90. The van der Waals surface area contributed by atoms with Crippen molar-refractivity contribution < 1.29 is 14.6 Å². The first-order valence-corrected chi connectivity index (χ1v) is 11.9. The lowest BCUT2D eigenvalue weighted by Gasteiger charge is -2.36. The zero-order valence-corrected chi connectivity index (χ0v) is 21.0. The van der Waals surface area contributed by atoms with Gasteiger partial charge in [-0.25, -0.2) is 4.79 Å². The largest absolute Gasteiger partial charge is 0.495 e. The van der Waals surface area contributed by atoms with Gasteiger partial charge in [-0.3, -0.25) is 9.80 Å². The minimum atomic E-state index is -0.905. The first kappa shape index (κ1) is 26.4. The van der Waals surface area contributed by atoms with Crippen molar-refractivity contribution in [1.82, 2.24) is 4.90 Å². The quantitative estimate of drug-likeness (QED) is 0.376. The van der Waals surface area contributed by atoms with Gasteiger partial charge in [-0.2, -0.15) is 0 Å². The van der Waals surface area contributed by atoms with Crippen LogP contribution in [0.15, 0.2) is 78.9 Å². The van der Waals surface area contributed by atoms with Gasteiger partial charge in [-0.1, -0.05) is 54.6 Å². The summed E-state index contributed by atoms with van der Waals surface area (Å²) in [5, 5.41) is 9.74. The molecule has 0 aromatic heterocycles. The third-order valence-electron chi connectivity index (χ3n) is 6.42. The number of halogens is 1. The van der Waals surface area contributed by atoms with Crippen molar-refractivity contribution in [2.75, 3.05) is 56.2 Å². The molecule has 0 bridgehead atoms. The van der Waals surface area contributed by atoms with Gasteiger partial charge in [0.25, 0.3) is 0 Å². The number of amides is 1. The zero-order chi connectivity index (χ0) is 23.8. The van der Waals surface area contributed by atoms with Gasteiger partial charge < -0.3 is 14.7 Å². The normalized spacial score (nSPS) is 13.7. The number of anilines is 2. The van der Waals surface area contributed by atoms with E-state index < -0.39 is 6.09 Å². The summed E-state index contributed by atoms with van der Waals surface area (Å²) in [6.45, 7) is 5.43. The molecule has 7 heteroatoms. The monoisotopic (exact) mass is 495 g/mol. The summed E-state index contributed by atoms with van der Waals surface area (Å²) in [5.74, 6) is 0.918. The topological polar surface area (TPSA) is 56.2 Å². The summed E-state index contributed by atoms with van der Waals surface area (Å²) in [5.41, 5.74) is 4.08. The van der Waals surface area contributed by atoms with E-state index in [4.69, 9.17) is 4.74 Å². The van der Waals surface area contributed by atoms with E-state index in [-0.39, 0.29) is 12.4 Å². The minimum Gasteiger partial charge on any atom is -0.495 e. The summed E-state index contributed by atoms with van der Waals surface area (Å²) >= 11 is 0. The Bertz CT molecular complexity index is 1050. The molecule has 6 nitrogen and oxygen atoms in total. The van der Waals surface area contributed by atoms with Crippen LogP contribution in [-0.4, -0.2) is 62.5 Å². The molecule has 0 aliphatic carbocycles. The van der Waals surface area contributed by atoms with Crippen molar-refractivity contribution in [2.24, 2.45) is 0 Å². The highest BCUT2D eigenvalue weighted by Gasteiger charge is 2.20. The SMILES string of the molecule is COc1ccccc1N1CCN(CCCCN(C(=O)O)c2ccc(-c3ccccc3)cc2)CC1.Cl. The number of carboxylic acid groups (broad SMARTS) is 1. The predicted octanol–water partition coefficient (Wildman–Crippen LogP) is 5.87. The van der Waals surface area contributed by atoms with E-state index in [0.717, 1.165) is 73.8 Å². The summed E-state index contributed by atoms with van der Waals surface area (Å²) in [4.78, 5) is 18.2. The second-order valence-electron chi connectivity index (χ2n) is 8.55. The van der Waals surface area contributed by atoms with Crippen molar-refractivity contribution in [1.29, 1.82) is 0 Å². The van der Waals surface area contributed by atoms with Crippen molar-refractivity contribution in [3.63, 3.8) is 0 Å². The Morgan fingerprint density at radius 3 is 2.14 bits per heavy atom. The summed E-state index contributed by atoms with van der Waals surface area (Å²) < 4.78 is 5.50. The highest BCUT2D eigenvalue weighted by Crippen LogP contribution is 2.28. The molecule has 1 fully saturated rings. The average molecular weight is 496 g/mol. The van der Waals surface area contributed by atoms with Crippen molar-refractivity contribution in [3.8, 4) is 16.9 Å². The first-order valence-electron chi connectivity index (χ1n) is 11.9. The molecule has 0 radical (unpaired) electrons. The highest BCUT2D eigenvalue weighted by molar-refractivity contribution is 5.86. The molecule has 35 heavy (non-hydrogen) atoms. The van der Waals surface area contributed by atoms with E-state index in [1.807, 2.05) is 60.7 Å². The van der Waals surface area contributed by atoms with E-state index in [9.17, 15) is 9.90 Å². The number of nitrogens with zero attached hydrogens (tertiary/aromatic N) is 3. The van der Waals surface area contributed by atoms with Gasteiger partial charge in [0.05, 0.1) is 12.8 Å². The molecule has 0 unspecified atom stereocenters. The fourth-order valence-corrected chi connectivity index (χ4v) is 4.51. The molecule has 1 amide bonds. The summed E-state index contributed by atoms with van der Waals surface area (Å²) in [7, 11) is 1.72. The number of benzene rings is 3. The van der Waals surface area contributed by atoms with Crippen LogP contribution in [0, 0.1) is 0 Å². The van der Waals surface area contributed by atoms with E-state index in [1.165, 1.54) is 4.90 Å². The van der Waals surface area contributed by atoms with Crippen LogP contribution in [0.2, 0.25) is 0 Å². The maximum Gasteiger partial charge on any atom is 0.411 e. The Hall–Kier alpha value is -3.22. The van der Waals surface area contributed by atoms with Gasteiger partial charge in [0.1, 0.15) is 5.75 Å². The Morgan fingerprint density at radius 2 is 1.49 bits per heavy atom. The molecule has 1 aliphatic rings. The number of para-hydroxylation sites is 2. The number of methoxy groups -OCH3 is 1. The lowest BCUT2D eigenvalue weighted by Crippen LogP contribution is -2.46. The molecule has 3 aromatic rings. The number of carbonyl (C=O) groups is 1. The standard InChI is InChI=1S/C28H33N3O3.ClH/c1-34-27-12-6-5-11-26(27)30-21-19-29(20-22-30)17-7-8-18-31(28(32)33)25-15-13-24(14-16-25)23-9-3-2-4-10-23;/h2-6,9-16H,7-8,17-22H2,1H3,(H,32,33);1H. The van der Waals surface area contributed by atoms with Gasteiger partial charge in [-0.15, -0.1) is 12.4 Å². The predicted molar refractivity (Wildman–Crippen MR) is 145 cm³/mol. The van der Waals surface area contributed by atoms with Crippen molar-refractivity contribution in [2.45, 2.75) is 12.8 Å². The maximum atomic E-state index is 11.9.